The van der Waals surface area contributed by atoms with E-state index >= 15 is 0 Å². The molecule has 2 aromatic carbocycles. The Morgan fingerprint density at radius 2 is 1.69 bits per heavy atom. The summed E-state index contributed by atoms with van der Waals surface area (Å²) >= 11 is 6.06. The highest BCUT2D eigenvalue weighted by Gasteiger charge is 2.17. The molecule has 0 aliphatic carbocycles. The van der Waals surface area contributed by atoms with E-state index in [-0.39, 0.29) is 23.2 Å². The Balaban J connectivity index is 1.38. The number of carbonyl (C=O) groups is 1. The zero-order valence-electron chi connectivity index (χ0n) is 18.8. The molecule has 1 amide bonds. The fourth-order valence-electron chi connectivity index (χ4n) is 3.15. The molecule has 0 aliphatic rings. The summed E-state index contributed by atoms with van der Waals surface area (Å²) in [5.41, 5.74) is 1.68. The monoisotopic (exact) mass is 512 g/mol. The van der Waals surface area contributed by atoms with E-state index in [2.05, 4.69) is 20.0 Å². The van der Waals surface area contributed by atoms with Crippen molar-refractivity contribution < 1.29 is 22.4 Å². The van der Waals surface area contributed by atoms with Crippen molar-refractivity contribution in [2.75, 3.05) is 10.0 Å². The van der Waals surface area contributed by atoms with Gasteiger partial charge in [-0.2, -0.15) is 0 Å². The van der Waals surface area contributed by atoms with E-state index < -0.39 is 15.9 Å². The van der Waals surface area contributed by atoms with E-state index in [1.165, 1.54) is 30.3 Å². The Morgan fingerprint density at radius 1 is 1.00 bits per heavy atom. The van der Waals surface area contributed by atoms with Crippen LogP contribution < -0.4 is 14.8 Å². The quantitative estimate of drug-likeness (QED) is 0.341. The van der Waals surface area contributed by atoms with Crippen molar-refractivity contribution in [1.29, 1.82) is 0 Å². The number of hydrogen-bond acceptors (Lipinski definition) is 7. The summed E-state index contributed by atoms with van der Waals surface area (Å²) in [5.74, 6) is 0.521. The summed E-state index contributed by atoms with van der Waals surface area (Å²) in [6, 6.07) is 17.6. The van der Waals surface area contributed by atoms with Gasteiger partial charge in [0.05, 0.1) is 9.92 Å². The number of carbonyl (C=O) groups excluding carboxylic acids is 1. The first-order valence-corrected chi connectivity index (χ1v) is 12.3. The number of halogens is 1. The Kier molecular flexibility index (Phi) is 7.04. The van der Waals surface area contributed by atoms with Crippen LogP contribution in [0.25, 0.3) is 0 Å². The maximum Gasteiger partial charge on any atom is 0.291 e. The van der Waals surface area contributed by atoms with Gasteiger partial charge in [0.25, 0.3) is 15.9 Å². The average Bonchev–Trinajstić information content (AvgIpc) is 3.27. The maximum absolute atomic E-state index is 12.7. The number of hydrogen-bond donors (Lipinski definition) is 2. The minimum atomic E-state index is -3.90. The molecule has 0 unspecified atom stereocenters. The molecule has 0 spiro atoms. The van der Waals surface area contributed by atoms with E-state index in [0.717, 1.165) is 0 Å². The number of nitrogens with zero attached hydrogens (tertiary/aromatic N) is 2. The minimum absolute atomic E-state index is 0.00438. The molecular weight excluding hydrogens is 492 g/mol. The van der Waals surface area contributed by atoms with Crippen molar-refractivity contribution >= 4 is 39.2 Å². The Morgan fingerprint density at radius 3 is 2.37 bits per heavy atom. The molecular formula is C24H21ClN4O5S. The van der Waals surface area contributed by atoms with Crippen LogP contribution in [-0.2, 0) is 16.6 Å². The van der Waals surface area contributed by atoms with Gasteiger partial charge >= 0.3 is 0 Å². The number of aryl methyl sites for hydroxylation is 2. The molecule has 0 aliphatic heterocycles. The van der Waals surface area contributed by atoms with Crippen molar-refractivity contribution in [2.45, 2.75) is 25.3 Å². The second-order valence-electron chi connectivity index (χ2n) is 7.54. The van der Waals surface area contributed by atoms with Gasteiger partial charge in [-0.25, -0.2) is 23.1 Å². The predicted octanol–water partition coefficient (Wildman–Crippen LogP) is 4.97. The second-order valence-corrected chi connectivity index (χ2v) is 9.63. The second kappa shape index (κ2) is 10.2. The van der Waals surface area contributed by atoms with Crippen LogP contribution in [0.1, 0.15) is 27.7 Å². The van der Waals surface area contributed by atoms with Crippen molar-refractivity contribution in [2.24, 2.45) is 0 Å². The minimum Gasteiger partial charge on any atom is -0.484 e. The summed E-state index contributed by atoms with van der Waals surface area (Å²) in [6.07, 6.45) is 0. The molecule has 0 saturated heterocycles. The van der Waals surface area contributed by atoms with Gasteiger partial charge in [0.15, 0.2) is 5.76 Å². The molecule has 2 N–H and O–H groups in total. The molecule has 0 saturated carbocycles. The van der Waals surface area contributed by atoms with Gasteiger partial charge in [-0.05, 0) is 68.4 Å². The third-order valence-corrected chi connectivity index (χ3v) is 6.38. The van der Waals surface area contributed by atoms with Gasteiger partial charge in [0.1, 0.15) is 18.1 Å². The lowest BCUT2D eigenvalue weighted by atomic mass is 10.3. The highest BCUT2D eigenvalue weighted by Crippen LogP contribution is 2.24. The summed E-state index contributed by atoms with van der Waals surface area (Å²) in [6.45, 7) is 3.59. The van der Waals surface area contributed by atoms with Crippen molar-refractivity contribution in [1.82, 2.24) is 9.97 Å². The fraction of sp³-hybridized carbons (Fsp3) is 0.125. The van der Waals surface area contributed by atoms with Crippen LogP contribution in [0, 0.1) is 13.8 Å². The maximum atomic E-state index is 12.7. The molecule has 0 fully saturated rings. The highest BCUT2D eigenvalue weighted by molar-refractivity contribution is 7.92. The number of benzene rings is 2. The van der Waals surface area contributed by atoms with Gasteiger partial charge in [-0.3, -0.25) is 4.79 Å². The van der Waals surface area contributed by atoms with Gasteiger partial charge in [0.2, 0.25) is 5.95 Å². The van der Waals surface area contributed by atoms with Gasteiger partial charge in [-0.15, -0.1) is 0 Å². The predicted molar refractivity (Wildman–Crippen MR) is 131 cm³/mol. The third kappa shape index (κ3) is 6.17. The lowest BCUT2D eigenvalue weighted by Gasteiger charge is -2.09. The van der Waals surface area contributed by atoms with Crippen LogP contribution in [-0.4, -0.2) is 24.3 Å². The van der Waals surface area contributed by atoms with E-state index in [4.69, 9.17) is 20.8 Å². The molecule has 4 aromatic rings. The molecule has 2 aromatic heterocycles. The van der Waals surface area contributed by atoms with Crippen LogP contribution in [0.3, 0.4) is 0 Å². The number of amides is 1. The molecule has 4 rings (SSSR count). The van der Waals surface area contributed by atoms with Crippen molar-refractivity contribution in [3.63, 3.8) is 0 Å². The largest absolute Gasteiger partial charge is 0.484 e. The SMILES string of the molecule is Cc1cc(C)nc(NS(=O)(=O)c2ccc(NC(=O)c3ccc(COc4ccccc4Cl)o3)cc2)n1. The highest BCUT2D eigenvalue weighted by atomic mass is 35.5. The average molecular weight is 513 g/mol. The Bertz CT molecular complexity index is 1450. The lowest BCUT2D eigenvalue weighted by Crippen LogP contribution is -2.16. The lowest BCUT2D eigenvalue weighted by molar-refractivity contribution is 0.0992. The van der Waals surface area contributed by atoms with E-state index in [1.807, 2.05) is 0 Å². The molecule has 0 atom stereocenters. The first-order chi connectivity index (χ1) is 16.7. The number of aromatic nitrogens is 2. The zero-order chi connectivity index (χ0) is 25.0. The number of ether oxygens (including phenoxy) is 1. The molecule has 2 heterocycles. The molecule has 35 heavy (non-hydrogen) atoms. The molecule has 0 radical (unpaired) electrons. The van der Waals surface area contributed by atoms with Gasteiger partial charge in [0, 0.05) is 17.1 Å². The zero-order valence-corrected chi connectivity index (χ0v) is 20.4. The number of furan rings is 1. The van der Waals surface area contributed by atoms with E-state index in [9.17, 15) is 13.2 Å². The molecule has 9 nitrogen and oxygen atoms in total. The molecule has 180 valence electrons. The third-order valence-electron chi connectivity index (χ3n) is 4.72. The molecule has 11 heteroatoms. The summed E-state index contributed by atoms with van der Waals surface area (Å²) in [5, 5.41) is 3.13. The smallest absolute Gasteiger partial charge is 0.291 e. The van der Waals surface area contributed by atoms with Crippen LogP contribution in [0.2, 0.25) is 5.02 Å². The van der Waals surface area contributed by atoms with Crippen LogP contribution in [0.5, 0.6) is 5.75 Å². The first-order valence-electron chi connectivity index (χ1n) is 10.4. The summed E-state index contributed by atoms with van der Waals surface area (Å²) in [7, 11) is -3.90. The van der Waals surface area contributed by atoms with Gasteiger partial charge < -0.3 is 14.5 Å². The van der Waals surface area contributed by atoms with Crippen LogP contribution in [0.4, 0.5) is 11.6 Å². The van der Waals surface area contributed by atoms with Crippen LogP contribution >= 0.6 is 11.6 Å². The fourth-order valence-corrected chi connectivity index (χ4v) is 4.28. The normalized spacial score (nSPS) is 11.2. The van der Waals surface area contributed by atoms with Crippen molar-refractivity contribution in [3.05, 3.63) is 94.7 Å². The summed E-state index contributed by atoms with van der Waals surface area (Å²) < 4.78 is 38.8. The van der Waals surface area contributed by atoms with Crippen LogP contribution in [0.15, 0.2) is 76.0 Å². The van der Waals surface area contributed by atoms with E-state index in [1.54, 1.807) is 50.2 Å². The topological polar surface area (TPSA) is 123 Å². The number of anilines is 2. The first kappa shape index (κ1) is 24.2. The number of sulfonamides is 1. The van der Waals surface area contributed by atoms with Gasteiger partial charge in [-0.1, -0.05) is 23.7 Å². The summed E-state index contributed by atoms with van der Waals surface area (Å²) in [4.78, 5) is 20.7. The number of rotatable bonds is 8. The Hall–Kier alpha value is -3.89. The number of nitrogens with one attached hydrogen (secondary N) is 2. The molecule has 0 bridgehead atoms. The standard InChI is InChI=1S/C24H21ClN4O5S/c1-15-13-16(2)27-24(26-15)29-35(31,32)19-10-7-17(8-11-19)28-23(30)22-12-9-18(34-22)14-33-21-6-4-3-5-20(21)25/h3-13H,14H2,1-2H3,(H,28,30)(H,26,27,29). The van der Waals surface area contributed by atoms with Crippen molar-refractivity contribution in [3.8, 4) is 5.75 Å². The Labute approximate surface area is 207 Å². The number of para-hydroxylation sites is 1. The van der Waals surface area contributed by atoms with E-state index in [0.29, 0.717) is 33.6 Å².